The van der Waals surface area contributed by atoms with Gasteiger partial charge in [0.25, 0.3) is 0 Å². The smallest absolute Gasteiger partial charge is 0.168 e. The molecule has 1 aliphatic rings. The van der Waals surface area contributed by atoms with Crippen LogP contribution in [0, 0.1) is 5.92 Å². The van der Waals surface area contributed by atoms with E-state index in [4.69, 9.17) is 4.74 Å². The second-order valence-corrected chi connectivity index (χ2v) is 4.83. The Morgan fingerprint density at radius 2 is 1.58 bits per heavy atom. The molecule has 0 spiro atoms. The van der Waals surface area contributed by atoms with Gasteiger partial charge in [0.1, 0.15) is 0 Å². The highest BCUT2D eigenvalue weighted by atomic mass is 16.5. The predicted molar refractivity (Wildman–Crippen MR) is 74.0 cm³/mol. The molecule has 2 aromatic rings. The fourth-order valence-electron chi connectivity index (χ4n) is 2.65. The van der Waals surface area contributed by atoms with Crippen LogP contribution >= 0.6 is 0 Å². The summed E-state index contributed by atoms with van der Waals surface area (Å²) in [5.74, 6) is 0.122. The zero-order valence-electron chi connectivity index (χ0n) is 10.7. The second-order valence-electron chi connectivity index (χ2n) is 4.83. The maximum Gasteiger partial charge on any atom is 0.168 e. The van der Waals surface area contributed by atoms with E-state index in [0.717, 1.165) is 17.5 Å². The van der Waals surface area contributed by atoms with Gasteiger partial charge in [0, 0.05) is 12.2 Å². The van der Waals surface area contributed by atoms with Crippen molar-refractivity contribution in [1.29, 1.82) is 0 Å². The number of ketones is 1. The van der Waals surface area contributed by atoms with Gasteiger partial charge in [-0.05, 0) is 12.0 Å². The number of rotatable bonds is 3. The van der Waals surface area contributed by atoms with Gasteiger partial charge in [-0.1, -0.05) is 60.7 Å². The molecule has 2 heteroatoms. The van der Waals surface area contributed by atoms with Crippen molar-refractivity contribution in [3.63, 3.8) is 0 Å². The first-order chi connectivity index (χ1) is 9.36. The van der Waals surface area contributed by atoms with Crippen LogP contribution in [0.1, 0.15) is 28.4 Å². The van der Waals surface area contributed by atoms with Crippen molar-refractivity contribution in [1.82, 2.24) is 0 Å². The minimum Gasteiger partial charge on any atom is -0.373 e. The number of ether oxygens (including phenoxy) is 1. The minimum atomic E-state index is -0.103. The van der Waals surface area contributed by atoms with E-state index in [9.17, 15) is 4.79 Å². The van der Waals surface area contributed by atoms with Crippen LogP contribution in [0.15, 0.2) is 60.7 Å². The molecule has 0 unspecified atom stereocenters. The van der Waals surface area contributed by atoms with E-state index >= 15 is 0 Å². The molecule has 96 valence electrons. The SMILES string of the molecule is O=C(c1ccccc1)[C@@H]1CCO[C@H]1c1ccccc1. The second kappa shape index (κ2) is 5.37. The Morgan fingerprint density at radius 3 is 2.26 bits per heavy atom. The highest BCUT2D eigenvalue weighted by molar-refractivity contribution is 5.98. The van der Waals surface area contributed by atoms with Crippen LogP contribution in [0.3, 0.4) is 0 Å². The Morgan fingerprint density at radius 1 is 0.947 bits per heavy atom. The molecule has 1 aliphatic heterocycles. The van der Waals surface area contributed by atoms with Crippen LogP contribution < -0.4 is 0 Å². The van der Waals surface area contributed by atoms with Gasteiger partial charge in [-0.2, -0.15) is 0 Å². The molecule has 0 aliphatic carbocycles. The average molecular weight is 252 g/mol. The third kappa shape index (κ3) is 2.45. The third-order valence-electron chi connectivity index (χ3n) is 3.61. The van der Waals surface area contributed by atoms with Crippen molar-refractivity contribution in [2.24, 2.45) is 5.92 Å². The topological polar surface area (TPSA) is 26.3 Å². The lowest BCUT2D eigenvalue weighted by Crippen LogP contribution is -2.18. The molecular formula is C17H16O2. The van der Waals surface area contributed by atoms with Gasteiger partial charge in [-0.15, -0.1) is 0 Å². The van der Waals surface area contributed by atoms with Crippen LogP contribution in [-0.4, -0.2) is 12.4 Å². The van der Waals surface area contributed by atoms with Crippen molar-refractivity contribution >= 4 is 5.78 Å². The van der Waals surface area contributed by atoms with E-state index in [-0.39, 0.29) is 17.8 Å². The highest BCUT2D eigenvalue weighted by Gasteiger charge is 2.35. The van der Waals surface area contributed by atoms with E-state index in [1.165, 1.54) is 0 Å². The summed E-state index contributed by atoms with van der Waals surface area (Å²) in [6.07, 6.45) is 0.696. The van der Waals surface area contributed by atoms with E-state index in [1.807, 2.05) is 60.7 Å². The van der Waals surface area contributed by atoms with E-state index < -0.39 is 0 Å². The Hall–Kier alpha value is -1.93. The molecule has 2 atom stereocenters. The molecule has 2 aromatic carbocycles. The number of hydrogen-bond acceptors (Lipinski definition) is 2. The van der Waals surface area contributed by atoms with Crippen LogP contribution in [-0.2, 0) is 4.74 Å². The van der Waals surface area contributed by atoms with E-state index in [0.29, 0.717) is 6.61 Å². The molecular weight excluding hydrogens is 236 g/mol. The monoisotopic (exact) mass is 252 g/mol. The predicted octanol–water partition coefficient (Wildman–Crippen LogP) is 3.65. The maximum atomic E-state index is 12.6. The molecule has 0 N–H and O–H groups in total. The molecule has 3 rings (SSSR count). The molecule has 0 radical (unpaired) electrons. The van der Waals surface area contributed by atoms with Gasteiger partial charge in [0.05, 0.1) is 12.0 Å². The highest BCUT2D eigenvalue weighted by Crippen LogP contribution is 2.36. The summed E-state index contributed by atoms with van der Waals surface area (Å²) in [6.45, 7) is 0.656. The van der Waals surface area contributed by atoms with Crippen molar-refractivity contribution < 1.29 is 9.53 Å². The molecule has 1 saturated heterocycles. The van der Waals surface area contributed by atoms with Gasteiger partial charge in [0.15, 0.2) is 5.78 Å². The van der Waals surface area contributed by atoms with Gasteiger partial charge in [0.2, 0.25) is 0 Å². The van der Waals surface area contributed by atoms with Crippen molar-refractivity contribution in [3.05, 3.63) is 71.8 Å². The van der Waals surface area contributed by atoms with Crippen molar-refractivity contribution in [2.45, 2.75) is 12.5 Å². The quantitative estimate of drug-likeness (QED) is 0.779. The lowest BCUT2D eigenvalue weighted by atomic mass is 9.88. The first kappa shape index (κ1) is 12.1. The van der Waals surface area contributed by atoms with Crippen LogP contribution in [0.25, 0.3) is 0 Å². The number of benzene rings is 2. The Balaban J connectivity index is 1.86. The molecule has 0 saturated carbocycles. The summed E-state index contributed by atoms with van der Waals surface area (Å²) in [5, 5.41) is 0. The minimum absolute atomic E-state index is 0.0650. The molecule has 1 heterocycles. The van der Waals surface area contributed by atoms with E-state index in [2.05, 4.69) is 0 Å². The summed E-state index contributed by atoms with van der Waals surface area (Å²) in [5.41, 5.74) is 1.87. The largest absolute Gasteiger partial charge is 0.373 e. The number of carbonyl (C=O) groups excluding carboxylic acids is 1. The number of hydrogen-bond donors (Lipinski definition) is 0. The fourth-order valence-corrected chi connectivity index (χ4v) is 2.65. The first-order valence-corrected chi connectivity index (χ1v) is 6.62. The van der Waals surface area contributed by atoms with Crippen LogP contribution in [0.5, 0.6) is 0 Å². The first-order valence-electron chi connectivity index (χ1n) is 6.62. The standard InChI is InChI=1S/C17H16O2/c18-16(13-7-3-1-4-8-13)15-11-12-19-17(15)14-9-5-2-6-10-14/h1-10,15,17H,11-12H2/t15-,17-/m0/s1. The van der Waals surface area contributed by atoms with Crippen LogP contribution in [0.4, 0.5) is 0 Å². The molecule has 0 amide bonds. The van der Waals surface area contributed by atoms with Crippen molar-refractivity contribution in [3.8, 4) is 0 Å². The summed E-state index contributed by atoms with van der Waals surface area (Å²) in [7, 11) is 0. The number of carbonyl (C=O) groups is 1. The fraction of sp³-hybridized carbons (Fsp3) is 0.235. The van der Waals surface area contributed by atoms with E-state index in [1.54, 1.807) is 0 Å². The molecule has 2 nitrogen and oxygen atoms in total. The number of Topliss-reactive ketones (excluding diaryl/α,β-unsaturated/α-hetero) is 1. The summed E-state index contributed by atoms with van der Waals surface area (Å²) < 4.78 is 5.77. The van der Waals surface area contributed by atoms with Gasteiger partial charge in [-0.25, -0.2) is 0 Å². The van der Waals surface area contributed by atoms with Gasteiger partial charge >= 0.3 is 0 Å². The van der Waals surface area contributed by atoms with Crippen molar-refractivity contribution in [2.75, 3.05) is 6.61 Å². The molecule has 0 bridgehead atoms. The summed E-state index contributed by atoms with van der Waals surface area (Å²) in [4.78, 5) is 12.6. The Kier molecular flexibility index (Phi) is 3.43. The lowest BCUT2D eigenvalue weighted by molar-refractivity contribution is 0.0701. The lowest BCUT2D eigenvalue weighted by Gasteiger charge is -2.17. The van der Waals surface area contributed by atoms with Gasteiger partial charge in [-0.3, -0.25) is 4.79 Å². The Labute approximate surface area is 113 Å². The third-order valence-corrected chi connectivity index (χ3v) is 3.61. The summed E-state index contributed by atoms with van der Waals surface area (Å²) in [6, 6.07) is 19.5. The molecule has 19 heavy (non-hydrogen) atoms. The molecule has 0 aromatic heterocycles. The zero-order valence-corrected chi connectivity index (χ0v) is 10.7. The normalized spacial score (nSPS) is 22.3. The van der Waals surface area contributed by atoms with Gasteiger partial charge < -0.3 is 4.74 Å². The van der Waals surface area contributed by atoms with Crippen LogP contribution in [0.2, 0.25) is 0 Å². The average Bonchev–Trinajstić information content (AvgIpc) is 2.98. The maximum absolute atomic E-state index is 12.6. The Bertz CT molecular complexity index is 548. The summed E-state index contributed by atoms with van der Waals surface area (Å²) >= 11 is 0. The molecule has 1 fully saturated rings. The zero-order chi connectivity index (χ0) is 13.1.